The van der Waals surface area contributed by atoms with Gasteiger partial charge in [-0.15, -0.1) is 0 Å². The lowest BCUT2D eigenvalue weighted by Crippen LogP contribution is -2.50. The summed E-state index contributed by atoms with van der Waals surface area (Å²) in [5, 5.41) is 22.9. The smallest absolute Gasteiger partial charge is 0.404 e. The lowest BCUT2D eigenvalue weighted by molar-refractivity contribution is 0.0980. The summed E-state index contributed by atoms with van der Waals surface area (Å²) in [6, 6.07) is 16.2. The molecule has 0 aliphatic carbocycles. The number of amides is 1. The number of hydrogen-bond acceptors (Lipinski definition) is 7. The zero-order valence-electron chi connectivity index (χ0n) is 22.7. The number of hydrogen-bond donors (Lipinski definition) is 3. The molecule has 3 aromatic carbocycles. The molecule has 10 nitrogen and oxygen atoms in total. The van der Waals surface area contributed by atoms with Gasteiger partial charge in [0.15, 0.2) is 11.5 Å². The fourth-order valence-corrected chi connectivity index (χ4v) is 6.05. The number of aliphatic hydroxyl groups is 1. The molecule has 4 rings (SSSR count). The normalized spacial score (nSPS) is 14.2. The molecule has 41 heavy (non-hydrogen) atoms. The summed E-state index contributed by atoms with van der Waals surface area (Å²) in [5.74, 6) is 0.851. The van der Waals surface area contributed by atoms with Gasteiger partial charge in [-0.05, 0) is 59.9 Å². The van der Waals surface area contributed by atoms with Crippen molar-refractivity contribution in [2.45, 2.75) is 43.9 Å². The van der Waals surface area contributed by atoms with Crippen molar-refractivity contribution in [3.8, 4) is 17.2 Å². The average molecular weight is 589 g/mol. The Bertz CT molecular complexity index is 1450. The zero-order chi connectivity index (χ0) is 29.6. The number of nitrogens with zero attached hydrogens (tertiary/aromatic N) is 1. The number of ether oxygens (including phenoxy) is 3. The molecule has 0 spiro atoms. The molecule has 0 saturated carbocycles. The highest BCUT2D eigenvalue weighted by Gasteiger charge is 2.32. The maximum atomic E-state index is 13.6. The van der Waals surface area contributed by atoms with Crippen LogP contribution in [-0.2, 0) is 23.1 Å². The number of nitrogens with one attached hydrogen (secondary N) is 1. The molecule has 1 heterocycles. The van der Waals surface area contributed by atoms with Gasteiger partial charge < -0.3 is 29.7 Å². The molecule has 220 valence electrons. The summed E-state index contributed by atoms with van der Waals surface area (Å²) >= 11 is 0. The largest absolute Gasteiger partial charge is 0.489 e. The Morgan fingerprint density at radius 1 is 1.02 bits per heavy atom. The summed E-state index contributed by atoms with van der Waals surface area (Å²) in [4.78, 5) is 11.5. The van der Waals surface area contributed by atoms with E-state index < -0.39 is 28.3 Å². The monoisotopic (exact) mass is 588 g/mol. The molecule has 0 radical (unpaired) electrons. The molecule has 0 fully saturated rings. The number of rotatable bonds is 13. The van der Waals surface area contributed by atoms with E-state index in [9.17, 15) is 27.8 Å². The SMILES string of the molecule is CC(C)CN(C[C@@H](O)[C@H](Cc1ccc(OCc2cccc(F)c2)cc1)NC(=O)O)S(=O)(=O)c1ccc2c(c1)OCO2. The van der Waals surface area contributed by atoms with Gasteiger partial charge in [-0.2, -0.15) is 4.31 Å². The predicted octanol–water partition coefficient (Wildman–Crippen LogP) is 4.02. The molecule has 12 heteroatoms. The van der Waals surface area contributed by atoms with E-state index in [1.54, 1.807) is 36.4 Å². The zero-order valence-corrected chi connectivity index (χ0v) is 23.5. The first kappa shape index (κ1) is 30.1. The van der Waals surface area contributed by atoms with Gasteiger partial charge in [0.05, 0.1) is 17.0 Å². The Morgan fingerprint density at radius 3 is 2.44 bits per heavy atom. The molecule has 3 aromatic rings. The van der Waals surface area contributed by atoms with Crippen molar-refractivity contribution in [3.63, 3.8) is 0 Å². The van der Waals surface area contributed by atoms with Gasteiger partial charge in [0.1, 0.15) is 18.2 Å². The van der Waals surface area contributed by atoms with Gasteiger partial charge in [-0.1, -0.05) is 38.1 Å². The van der Waals surface area contributed by atoms with Crippen molar-refractivity contribution in [3.05, 3.63) is 83.7 Å². The third kappa shape index (κ3) is 8.09. The van der Waals surface area contributed by atoms with Crippen LogP contribution in [0.15, 0.2) is 71.6 Å². The second-order valence-electron chi connectivity index (χ2n) is 10.1. The van der Waals surface area contributed by atoms with E-state index in [0.717, 1.165) is 4.31 Å². The maximum Gasteiger partial charge on any atom is 0.404 e. The van der Waals surface area contributed by atoms with E-state index in [2.05, 4.69) is 5.32 Å². The summed E-state index contributed by atoms with van der Waals surface area (Å²) in [6.07, 6.45) is -2.62. The van der Waals surface area contributed by atoms with E-state index >= 15 is 0 Å². The van der Waals surface area contributed by atoms with Crippen molar-refractivity contribution in [1.82, 2.24) is 9.62 Å². The molecule has 0 saturated heterocycles. The van der Waals surface area contributed by atoms with E-state index in [1.807, 2.05) is 13.8 Å². The lowest BCUT2D eigenvalue weighted by atomic mass is 10.0. The average Bonchev–Trinajstić information content (AvgIpc) is 3.39. The third-order valence-electron chi connectivity index (χ3n) is 6.39. The number of fused-ring (bicyclic) bond motifs is 1. The lowest BCUT2D eigenvalue weighted by Gasteiger charge is -2.30. The summed E-state index contributed by atoms with van der Waals surface area (Å²) in [6.45, 7) is 3.62. The summed E-state index contributed by atoms with van der Waals surface area (Å²) in [7, 11) is -4.06. The molecule has 1 amide bonds. The Kier molecular flexibility index (Phi) is 9.69. The minimum atomic E-state index is -4.06. The number of carbonyl (C=O) groups is 1. The number of halogens is 1. The highest BCUT2D eigenvalue weighted by atomic mass is 32.2. The first-order chi connectivity index (χ1) is 19.5. The van der Waals surface area contributed by atoms with Crippen LogP contribution in [0.1, 0.15) is 25.0 Å². The summed E-state index contributed by atoms with van der Waals surface area (Å²) in [5.41, 5.74) is 1.36. The Morgan fingerprint density at radius 2 is 1.76 bits per heavy atom. The fourth-order valence-electron chi connectivity index (χ4n) is 4.41. The number of carboxylic acid groups (broad SMARTS) is 1. The topological polar surface area (TPSA) is 135 Å². The first-order valence-electron chi connectivity index (χ1n) is 13.0. The van der Waals surface area contributed by atoms with E-state index in [4.69, 9.17) is 14.2 Å². The molecule has 2 atom stereocenters. The third-order valence-corrected chi connectivity index (χ3v) is 8.22. The van der Waals surface area contributed by atoms with Crippen molar-refractivity contribution in [2.75, 3.05) is 19.9 Å². The maximum absolute atomic E-state index is 13.6. The Balaban J connectivity index is 1.46. The predicted molar refractivity (Wildman–Crippen MR) is 148 cm³/mol. The van der Waals surface area contributed by atoms with Gasteiger partial charge in [0.25, 0.3) is 0 Å². The highest BCUT2D eigenvalue weighted by Crippen LogP contribution is 2.35. The summed E-state index contributed by atoms with van der Waals surface area (Å²) < 4.78 is 58.0. The molecule has 3 N–H and O–H groups in total. The molecule has 1 aliphatic rings. The van der Waals surface area contributed by atoms with Gasteiger partial charge in [0.2, 0.25) is 16.8 Å². The van der Waals surface area contributed by atoms with Crippen LogP contribution in [0.5, 0.6) is 17.2 Å². The van der Waals surface area contributed by atoms with Crippen LogP contribution in [0.2, 0.25) is 0 Å². The molecular formula is C29H33FN2O8S. The van der Waals surface area contributed by atoms with Crippen LogP contribution in [0, 0.1) is 11.7 Å². The van der Waals surface area contributed by atoms with Crippen LogP contribution in [-0.4, -0.2) is 61.1 Å². The van der Waals surface area contributed by atoms with Crippen molar-refractivity contribution in [1.29, 1.82) is 0 Å². The number of sulfonamides is 1. The van der Waals surface area contributed by atoms with E-state index in [1.165, 1.54) is 30.3 Å². The Labute approximate surface area is 238 Å². The number of benzene rings is 3. The van der Waals surface area contributed by atoms with Crippen LogP contribution >= 0.6 is 0 Å². The quantitative estimate of drug-likeness (QED) is 0.273. The van der Waals surface area contributed by atoms with E-state index in [-0.39, 0.29) is 49.5 Å². The van der Waals surface area contributed by atoms with Gasteiger partial charge in [-0.3, -0.25) is 0 Å². The molecular weight excluding hydrogens is 555 g/mol. The fraction of sp³-hybridized carbons (Fsp3) is 0.345. The van der Waals surface area contributed by atoms with Crippen molar-refractivity contribution >= 4 is 16.1 Å². The minimum Gasteiger partial charge on any atom is -0.489 e. The van der Waals surface area contributed by atoms with Crippen LogP contribution in [0.3, 0.4) is 0 Å². The highest BCUT2D eigenvalue weighted by molar-refractivity contribution is 7.89. The molecule has 0 bridgehead atoms. The minimum absolute atomic E-state index is 0.00406. The van der Waals surface area contributed by atoms with Gasteiger partial charge in [-0.25, -0.2) is 17.6 Å². The van der Waals surface area contributed by atoms with Crippen LogP contribution in [0.4, 0.5) is 9.18 Å². The first-order valence-corrected chi connectivity index (χ1v) is 14.5. The standard InChI is InChI=1S/C29H33FN2O8S/c1-19(2)15-32(41(36,37)24-10-11-27-28(14-24)40-18-39-27)16-26(33)25(31-29(34)35)13-20-6-8-23(9-7-20)38-17-21-4-3-5-22(30)12-21/h3-12,14,19,25-26,31,33H,13,15-18H2,1-2H3,(H,34,35)/t25-,26+/m0/s1. The van der Waals surface area contributed by atoms with E-state index in [0.29, 0.717) is 28.4 Å². The molecule has 0 unspecified atom stereocenters. The van der Waals surface area contributed by atoms with Crippen LogP contribution in [0.25, 0.3) is 0 Å². The number of aliphatic hydroxyl groups excluding tert-OH is 1. The molecule has 1 aliphatic heterocycles. The van der Waals surface area contributed by atoms with Gasteiger partial charge >= 0.3 is 6.09 Å². The Hall–Kier alpha value is -3.87. The van der Waals surface area contributed by atoms with Crippen LogP contribution < -0.4 is 19.5 Å². The molecule has 0 aromatic heterocycles. The van der Waals surface area contributed by atoms with Gasteiger partial charge in [0, 0.05) is 19.2 Å². The van der Waals surface area contributed by atoms with Crippen molar-refractivity contribution in [2.24, 2.45) is 5.92 Å². The van der Waals surface area contributed by atoms with Crippen molar-refractivity contribution < 1.29 is 42.0 Å². The second-order valence-corrected chi connectivity index (χ2v) is 12.1. The second kappa shape index (κ2) is 13.2.